The van der Waals surface area contributed by atoms with Gasteiger partial charge in [0.2, 0.25) is 0 Å². The summed E-state index contributed by atoms with van der Waals surface area (Å²) in [5.41, 5.74) is 3.92. The maximum Gasteiger partial charge on any atom is 0.135 e. The van der Waals surface area contributed by atoms with Crippen LogP contribution in [0.1, 0.15) is 11.3 Å². The molecule has 0 aliphatic heterocycles. The molecule has 0 fully saturated rings. The lowest BCUT2D eigenvalue weighted by atomic mass is 10.0. The second-order valence-corrected chi connectivity index (χ2v) is 4.64. The first-order chi connectivity index (χ1) is 9.78. The molecule has 0 saturated heterocycles. The molecule has 1 heterocycles. The lowest BCUT2D eigenvalue weighted by Gasteiger charge is -2.02. The van der Waals surface area contributed by atoms with Crippen LogP contribution < -0.4 is 0 Å². The lowest BCUT2D eigenvalue weighted by molar-refractivity contribution is 0.547. The van der Waals surface area contributed by atoms with Crippen LogP contribution in [0.3, 0.4) is 0 Å². The molecule has 3 aromatic rings. The topological polar surface area (TPSA) is 36.9 Å². The van der Waals surface area contributed by atoms with Gasteiger partial charge in [-0.05, 0) is 18.1 Å². The highest BCUT2D eigenvalue weighted by Crippen LogP contribution is 2.27. The van der Waals surface area contributed by atoms with E-state index in [9.17, 15) is 0 Å². The molecule has 0 bridgehead atoms. The first-order valence-corrected chi connectivity index (χ1v) is 6.44. The first-order valence-electron chi connectivity index (χ1n) is 6.44. The van der Waals surface area contributed by atoms with Crippen molar-refractivity contribution in [1.29, 1.82) is 5.26 Å². The summed E-state index contributed by atoms with van der Waals surface area (Å²) in [6.07, 6.45) is 0. The zero-order chi connectivity index (χ0) is 13.9. The molecule has 0 radical (unpaired) electrons. The quantitative estimate of drug-likeness (QED) is 0.663. The molecule has 0 aliphatic carbocycles. The van der Waals surface area contributed by atoms with Gasteiger partial charge in [0.15, 0.2) is 0 Å². The number of nitriles is 1. The van der Waals surface area contributed by atoms with Crippen molar-refractivity contribution in [3.63, 3.8) is 0 Å². The molecule has 2 aromatic carbocycles. The Morgan fingerprint density at radius 2 is 1.45 bits per heavy atom. The van der Waals surface area contributed by atoms with Gasteiger partial charge in [-0.25, -0.2) is 0 Å². The Kier molecular flexibility index (Phi) is 3.10. The Labute approximate surface area is 117 Å². The molecule has 0 aliphatic rings. The normalized spacial score (nSPS) is 10.2. The van der Waals surface area contributed by atoms with E-state index in [0.717, 1.165) is 16.9 Å². The first kappa shape index (κ1) is 12.3. The van der Waals surface area contributed by atoms with Crippen LogP contribution in [0, 0.1) is 18.3 Å². The third-order valence-corrected chi connectivity index (χ3v) is 3.31. The minimum absolute atomic E-state index is 0.590. The summed E-state index contributed by atoms with van der Waals surface area (Å²) in [6, 6.07) is 22.3. The van der Waals surface area contributed by atoms with Gasteiger partial charge in [0.1, 0.15) is 17.6 Å². The van der Waals surface area contributed by atoms with E-state index in [2.05, 4.69) is 30.3 Å². The number of hydrogen-bond acceptors (Lipinski definition) is 2. The molecule has 20 heavy (non-hydrogen) atoms. The minimum atomic E-state index is 0.590. The lowest BCUT2D eigenvalue weighted by Crippen LogP contribution is -1.78. The third-order valence-electron chi connectivity index (χ3n) is 3.31. The van der Waals surface area contributed by atoms with Crippen molar-refractivity contribution in [3.05, 3.63) is 72.0 Å². The maximum atomic E-state index is 8.96. The van der Waals surface area contributed by atoms with Crippen LogP contribution in [0.25, 0.3) is 22.5 Å². The van der Waals surface area contributed by atoms with Gasteiger partial charge in [0, 0.05) is 11.6 Å². The number of furan rings is 1. The van der Waals surface area contributed by atoms with Crippen LogP contribution >= 0.6 is 0 Å². The van der Waals surface area contributed by atoms with Gasteiger partial charge in [0.25, 0.3) is 0 Å². The van der Waals surface area contributed by atoms with Crippen molar-refractivity contribution in [1.82, 2.24) is 0 Å². The van der Waals surface area contributed by atoms with E-state index in [1.807, 2.05) is 30.3 Å². The Bertz CT molecular complexity index is 761. The zero-order valence-corrected chi connectivity index (χ0v) is 11.1. The van der Waals surface area contributed by atoms with E-state index < -0.39 is 0 Å². The van der Waals surface area contributed by atoms with E-state index in [1.54, 1.807) is 13.0 Å². The van der Waals surface area contributed by atoms with Gasteiger partial charge < -0.3 is 4.42 Å². The Hall–Kier alpha value is -2.79. The highest BCUT2D eigenvalue weighted by atomic mass is 16.3. The number of benzene rings is 2. The molecule has 2 heteroatoms. The predicted molar refractivity (Wildman–Crippen MR) is 79.0 cm³/mol. The fraction of sp³-hybridized carbons (Fsp3) is 0.0556. The van der Waals surface area contributed by atoms with Gasteiger partial charge in [-0.1, -0.05) is 54.6 Å². The SMILES string of the molecule is Cc1oc(-c2ccc(-c3ccccc3)cc2)cc1C#N. The maximum absolute atomic E-state index is 8.96. The second-order valence-electron chi connectivity index (χ2n) is 4.64. The molecule has 0 spiro atoms. The highest BCUT2D eigenvalue weighted by Gasteiger charge is 2.08. The van der Waals surface area contributed by atoms with E-state index >= 15 is 0 Å². The number of aryl methyl sites for hydroxylation is 1. The summed E-state index contributed by atoms with van der Waals surface area (Å²) in [5, 5.41) is 8.96. The predicted octanol–water partition coefficient (Wildman–Crippen LogP) is 4.79. The van der Waals surface area contributed by atoms with Crippen LogP contribution in [0.4, 0.5) is 0 Å². The van der Waals surface area contributed by atoms with Crippen LogP contribution in [-0.2, 0) is 0 Å². The van der Waals surface area contributed by atoms with E-state index in [4.69, 9.17) is 9.68 Å². The van der Waals surface area contributed by atoms with E-state index in [1.165, 1.54) is 5.56 Å². The molecule has 3 rings (SSSR count). The molecule has 0 amide bonds. The van der Waals surface area contributed by atoms with Crippen molar-refractivity contribution >= 4 is 0 Å². The van der Waals surface area contributed by atoms with Crippen molar-refractivity contribution in [3.8, 4) is 28.5 Å². The van der Waals surface area contributed by atoms with Crippen molar-refractivity contribution in [2.45, 2.75) is 6.92 Å². The zero-order valence-electron chi connectivity index (χ0n) is 11.1. The largest absolute Gasteiger partial charge is 0.460 e. The average Bonchev–Trinajstić information content (AvgIpc) is 2.89. The minimum Gasteiger partial charge on any atom is -0.460 e. The molecule has 2 nitrogen and oxygen atoms in total. The van der Waals surface area contributed by atoms with Crippen LogP contribution in [-0.4, -0.2) is 0 Å². The van der Waals surface area contributed by atoms with Crippen LogP contribution in [0.2, 0.25) is 0 Å². The summed E-state index contributed by atoms with van der Waals surface area (Å²) in [7, 11) is 0. The molecular weight excluding hydrogens is 246 g/mol. The molecule has 0 unspecified atom stereocenters. The monoisotopic (exact) mass is 259 g/mol. The summed E-state index contributed by atoms with van der Waals surface area (Å²) in [5.74, 6) is 1.40. The standard InChI is InChI=1S/C18H13NO/c1-13-17(12-19)11-18(20-13)16-9-7-15(8-10-16)14-5-3-2-4-6-14/h2-11H,1H3. The number of hydrogen-bond donors (Lipinski definition) is 0. The number of nitrogens with zero attached hydrogens (tertiary/aromatic N) is 1. The van der Waals surface area contributed by atoms with E-state index in [0.29, 0.717) is 11.3 Å². The fourth-order valence-electron chi connectivity index (χ4n) is 2.19. The van der Waals surface area contributed by atoms with Gasteiger partial charge in [0.05, 0.1) is 5.56 Å². The summed E-state index contributed by atoms with van der Waals surface area (Å²) < 4.78 is 5.61. The molecule has 0 saturated carbocycles. The molecule has 0 atom stereocenters. The number of rotatable bonds is 2. The van der Waals surface area contributed by atoms with E-state index in [-0.39, 0.29) is 0 Å². The second kappa shape index (κ2) is 5.07. The summed E-state index contributed by atoms with van der Waals surface area (Å²) >= 11 is 0. The molecular formula is C18H13NO. The summed E-state index contributed by atoms with van der Waals surface area (Å²) in [4.78, 5) is 0. The Morgan fingerprint density at radius 3 is 2.05 bits per heavy atom. The Morgan fingerprint density at radius 1 is 0.850 bits per heavy atom. The smallest absolute Gasteiger partial charge is 0.135 e. The van der Waals surface area contributed by atoms with Gasteiger partial charge in [-0.3, -0.25) is 0 Å². The van der Waals surface area contributed by atoms with Crippen molar-refractivity contribution < 1.29 is 4.42 Å². The molecule has 0 N–H and O–H groups in total. The van der Waals surface area contributed by atoms with Gasteiger partial charge in [-0.2, -0.15) is 5.26 Å². The fourth-order valence-corrected chi connectivity index (χ4v) is 2.19. The van der Waals surface area contributed by atoms with Crippen molar-refractivity contribution in [2.75, 3.05) is 0 Å². The highest BCUT2D eigenvalue weighted by molar-refractivity contribution is 5.68. The molecule has 1 aromatic heterocycles. The van der Waals surface area contributed by atoms with Crippen molar-refractivity contribution in [2.24, 2.45) is 0 Å². The average molecular weight is 259 g/mol. The van der Waals surface area contributed by atoms with Crippen LogP contribution in [0.5, 0.6) is 0 Å². The van der Waals surface area contributed by atoms with Gasteiger partial charge in [-0.15, -0.1) is 0 Å². The van der Waals surface area contributed by atoms with Crippen LogP contribution in [0.15, 0.2) is 65.1 Å². The molecule has 96 valence electrons. The third kappa shape index (κ3) is 2.22. The summed E-state index contributed by atoms with van der Waals surface area (Å²) in [6.45, 7) is 1.81. The Balaban J connectivity index is 1.95. The van der Waals surface area contributed by atoms with Gasteiger partial charge >= 0.3 is 0 Å².